The number of hydrogen-bond acceptors (Lipinski definition) is 4. The molecule has 0 unspecified atom stereocenters. The van der Waals surface area contributed by atoms with E-state index in [1.54, 1.807) is 12.1 Å². The molecule has 0 saturated heterocycles. The summed E-state index contributed by atoms with van der Waals surface area (Å²) in [6, 6.07) is 9.14. The predicted molar refractivity (Wildman–Crippen MR) is 98.5 cm³/mol. The smallest absolute Gasteiger partial charge is 0.326 e. The highest BCUT2D eigenvalue weighted by molar-refractivity contribution is 6.31. The Balaban J connectivity index is 2.13. The van der Waals surface area contributed by atoms with Gasteiger partial charge in [-0.2, -0.15) is 0 Å². The van der Waals surface area contributed by atoms with Crippen LogP contribution in [0.25, 0.3) is 0 Å². The van der Waals surface area contributed by atoms with Crippen molar-refractivity contribution in [2.45, 2.75) is 25.3 Å². The van der Waals surface area contributed by atoms with Gasteiger partial charge >= 0.3 is 5.97 Å². The number of aromatic amines is 1. The minimum Gasteiger partial charge on any atom is -0.480 e. The van der Waals surface area contributed by atoms with E-state index in [-0.39, 0.29) is 12.0 Å². The largest absolute Gasteiger partial charge is 0.480 e. The van der Waals surface area contributed by atoms with Crippen LogP contribution in [-0.4, -0.2) is 34.6 Å². The average molecular weight is 378 g/mol. The van der Waals surface area contributed by atoms with E-state index in [9.17, 15) is 14.4 Å². The first-order valence-electron chi connectivity index (χ1n) is 8.11. The van der Waals surface area contributed by atoms with E-state index in [0.717, 1.165) is 5.56 Å². The third-order valence-electron chi connectivity index (χ3n) is 3.85. The number of halogens is 1. The van der Waals surface area contributed by atoms with Crippen LogP contribution in [0.4, 0.5) is 0 Å². The Morgan fingerprint density at radius 1 is 1.23 bits per heavy atom. The third kappa shape index (κ3) is 5.18. The van der Waals surface area contributed by atoms with Crippen molar-refractivity contribution < 1.29 is 14.7 Å². The number of carbonyl (C=O) groups is 2. The summed E-state index contributed by atoms with van der Waals surface area (Å²) in [5.74, 6) is -1.90. The van der Waals surface area contributed by atoms with Gasteiger partial charge in [-0.25, -0.2) is 4.79 Å². The molecule has 0 saturated carbocycles. The van der Waals surface area contributed by atoms with Crippen LogP contribution in [0.1, 0.15) is 34.5 Å². The summed E-state index contributed by atoms with van der Waals surface area (Å²) in [5, 5.41) is 12.1. The summed E-state index contributed by atoms with van der Waals surface area (Å²) in [6.07, 6.45) is 1.05. The molecule has 7 nitrogen and oxygen atoms in total. The maximum absolute atomic E-state index is 12.2. The number of carbonyl (C=O) groups excluding carboxylic acids is 1. The summed E-state index contributed by atoms with van der Waals surface area (Å²) in [6.45, 7) is 0.316. The molecule has 1 aromatic carbocycles. The number of carboxylic acid groups (broad SMARTS) is 1. The molecule has 0 aliphatic rings. The molecule has 26 heavy (non-hydrogen) atoms. The van der Waals surface area contributed by atoms with E-state index >= 15 is 0 Å². The molecule has 0 radical (unpaired) electrons. The maximum Gasteiger partial charge on any atom is 0.326 e. The number of aliphatic carboxylic acids is 1. The highest BCUT2D eigenvalue weighted by Gasteiger charge is 2.21. The first-order valence-corrected chi connectivity index (χ1v) is 8.49. The van der Waals surface area contributed by atoms with Crippen molar-refractivity contribution in [2.75, 3.05) is 6.54 Å². The fourth-order valence-electron chi connectivity index (χ4n) is 2.46. The van der Waals surface area contributed by atoms with Gasteiger partial charge in [0.1, 0.15) is 11.6 Å². The molecule has 0 spiro atoms. The lowest BCUT2D eigenvalue weighted by Gasteiger charge is -2.14. The van der Waals surface area contributed by atoms with Crippen molar-refractivity contribution in [3.8, 4) is 0 Å². The zero-order chi connectivity index (χ0) is 19.1. The second-order valence-corrected chi connectivity index (χ2v) is 6.20. The fourth-order valence-corrected chi connectivity index (χ4v) is 2.66. The Bertz CT molecular complexity index is 850. The third-order valence-corrected chi connectivity index (χ3v) is 4.22. The van der Waals surface area contributed by atoms with Crippen LogP contribution >= 0.6 is 11.6 Å². The van der Waals surface area contributed by atoms with Gasteiger partial charge in [-0.3, -0.25) is 9.59 Å². The number of rotatable bonds is 8. The van der Waals surface area contributed by atoms with E-state index in [4.69, 9.17) is 22.4 Å². The molecule has 1 amide bonds. The lowest BCUT2D eigenvalue weighted by atomic mass is 10.1. The standard InChI is InChI=1S/C18H20ClN3O4/c19-14-5-2-1-4-11(14)10-12-7-8-13(16(23)21-12)17(24)22-15(18(25)26)6-3-9-20/h1-2,4-5,7-8,15H,3,6,9-10,20H2,(H,21,23)(H,22,24)(H,25,26)/t15-/m0/s1. The topological polar surface area (TPSA) is 125 Å². The van der Waals surface area contributed by atoms with Gasteiger partial charge in [0.25, 0.3) is 11.5 Å². The van der Waals surface area contributed by atoms with Gasteiger partial charge in [0, 0.05) is 17.1 Å². The molecular weight excluding hydrogens is 358 g/mol. The van der Waals surface area contributed by atoms with Crippen molar-refractivity contribution >= 4 is 23.5 Å². The molecule has 2 rings (SSSR count). The zero-order valence-corrected chi connectivity index (χ0v) is 14.8. The van der Waals surface area contributed by atoms with E-state index in [0.29, 0.717) is 30.1 Å². The lowest BCUT2D eigenvalue weighted by Crippen LogP contribution is -2.42. The number of nitrogens with one attached hydrogen (secondary N) is 2. The minimum absolute atomic E-state index is 0.146. The van der Waals surface area contributed by atoms with E-state index < -0.39 is 23.5 Å². The van der Waals surface area contributed by atoms with Gasteiger partial charge in [0.2, 0.25) is 0 Å². The molecule has 0 aliphatic heterocycles. The predicted octanol–water partition coefficient (Wildman–Crippen LogP) is 1.54. The van der Waals surface area contributed by atoms with Crippen LogP contribution in [0.3, 0.4) is 0 Å². The first kappa shape index (κ1) is 19.7. The van der Waals surface area contributed by atoms with Crippen LogP contribution < -0.4 is 16.6 Å². The Hall–Kier alpha value is -2.64. The molecule has 1 aromatic heterocycles. The molecule has 5 N–H and O–H groups in total. The second-order valence-electron chi connectivity index (χ2n) is 5.79. The number of carboxylic acids is 1. The van der Waals surface area contributed by atoms with Gasteiger partial charge in [-0.15, -0.1) is 0 Å². The molecule has 1 atom stereocenters. The summed E-state index contributed by atoms with van der Waals surface area (Å²) < 4.78 is 0. The van der Waals surface area contributed by atoms with Crippen molar-refractivity contribution in [3.05, 3.63) is 68.6 Å². The Morgan fingerprint density at radius 2 is 1.96 bits per heavy atom. The fraction of sp³-hybridized carbons (Fsp3) is 0.278. The van der Waals surface area contributed by atoms with Crippen LogP contribution in [-0.2, 0) is 11.2 Å². The average Bonchev–Trinajstić information content (AvgIpc) is 2.60. The number of benzene rings is 1. The number of nitrogens with two attached hydrogens (primary N) is 1. The molecule has 0 bridgehead atoms. The quantitative estimate of drug-likeness (QED) is 0.555. The van der Waals surface area contributed by atoms with Crippen LogP contribution in [0.5, 0.6) is 0 Å². The number of aromatic nitrogens is 1. The molecule has 2 aromatic rings. The molecule has 0 aliphatic carbocycles. The summed E-state index contributed by atoms with van der Waals surface area (Å²) in [7, 11) is 0. The first-order chi connectivity index (χ1) is 12.4. The van der Waals surface area contributed by atoms with Gasteiger partial charge in [-0.1, -0.05) is 29.8 Å². The number of amides is 1. The van der Waals surface area contributed by atoms with Crippen molar-refractivity contribution in [1.29, 1.82) is 0 Å². The van der Waals surface area contributed by atoms with Crippen molar-refractivity contribution in [3.63, 3.8) is 0 Å². The van der Waals surface area contributed by atoms with Crippen molar-refractivity contribution in [1.82, 2.24) is 10.3 Å². The summed E-state index contributed by atoms with van der Waals surface area (Å²) in [4.78, 5) is 38.3. The second kappa shape index (κ2) is 9.17. The number of pyridine rings is 1. The van der Waals surface area contributed by atoms with Crippen molar-refractivity contribution in [2.24, 2.45) is 5.73 Å². The summed E-state index contributed by atoms with van der Waals surface area (Å²) in [5.41, 5.74) is 6.07. The van der Waals surface area contributed by atoms with Gasteiger partial charge in [0.05, 0.1) is 0 Å². The minimum atomic E-state index is -1.17. The number of H-pyrrole nitrogens is 1. The molecule has 138 valence electrons. The lowest BCUT2D eigenvalue weighted by molar-refractivity contribution is -0.139. The molecule has 8 heteroatoms. The maximum atomic E-state index is 12.2. The highest BCUT2D eigenvalue weighted by Crippen LogP contribution is 2.17. The number of hydrogen-bond donors (Lipinski definition) is 4. The van der Waals surface area contributed by atoms with Gasteiger partial charge in [-0.05, 0) is 43.1 Å². The Morgan fingerprint density at radius 3 is 2.58 bits per heavy atom. The summed E-state index contributed by atoms with van der Waals surface area (Å²) >= 11 is 6.10. The Labute approximate surface area is 155 Å². The van der Waals surface area contributed by atoms with Crippen LogP contribution in [0.2, 0.25) is 5.02 Å². The molecule has 0 fully saturated rings. The van der Waals surface area contributed by atoms with E-state index in [1.807, 2.05) is 18.2 Å². The van der Waals surface area contributed by atoms with Crippen LogP contribution in [0.15, 0.2) is 41.2 Å². The SMILES string of the molecule is NCCC[C@H](NC(=O)c1ccc(Cc2ccccc2Cl)[nH]c1=O)C(=O)O. The van der Waals surface area contributed by atoms with Gasteiger partial charge < -0.3 is 21.1 Å². The molecular formula is C18H20ClN3O4. The van der Waals surface area contributed by atoms with E-state index in [2.05, 4.69) is 10.3 Å². The highest BCUT2D eigenvalue weighted by atomic mass is 35.5. The van der Waals surface area contributed by atoms with Crippen LogP contribution in [0, 0.1) is 0 Å². The monoisotopic (exact) mass is 377 g/mol. The normalized spacial score (nSPS) is 11.8. The molecule has 1 heterocycles. The zero-order valence-electron chi connectivity index (χ0n) is 14.0. The van der Waals surface area contributed by atoms with Gasteiger partial charge in [0.15, 0.2) is 0 Å². The Kier molecular flexibility index (Phi) is 6.94. The van der Waals surface area contributed by atoms with E-state index in [1.165, 1.54) is 6.07 Å².